The summed E-state index contributed by atoms with van der Waals surface area (Å²) in [4.78, 5) is 27.1. The quantitative estimate of drug-likeness (QED) is 0.369. The summed E-state index contributed by atoms with van der Waals surface area (Å²) < 4.78 is 13.4. The fourth-order valence-corrected chi connectivity index (χ4v) is 7.03. The first-order valence-electron chi connectivity index (χ1n) is 14.7. The lowest BCUT2D eigenvalue weighted by Gasteiger charge is -2.58. The second kappa shape index (κ2) is 10.9. The van der Waals surface area contributed by atoms with Crippen LogP contribution in [0.3, 0.4) is 0 Å². The molecular weight excluding hydrogens is 552 g/mol. The third kappa shape index (κ3) is 5.48. The molecule has 2 aromatic carbocycles. The molecule has 0 unspecified atom stereocenters. The molecule has 9 heteroatoms. The number of benzene rings is 2. The summed E-state index contributed by atoms with van der Waals surface area (Å²) in [7, 11) is 0. The zero-order chi connectivity index (χ0) is 29.6. The molecule has 0 bridgehead atoms. The standard InChI is InChI=1S/C33H37ClN4O4/c1-32(2,3)42-31(40)37-19-33(20-37)14-24(15-33)30(39)36-17-23-7-8-26-27(22-6-4-5-21(13-22)16-35)18-38(29(26)28(23)34)25-9-11-41-12-10-25/h4-8,13,18,24-25H,9-12,14-15,17,19-20H2,1-3H3,(H,36,39). The van der Waals surface area contributed by atoms with Gasteiger partial charge in [0.1, 0.15) is 5.60 Å². The van der Waals surface area contributed by atoms with Gasteiger partial charge in [-0.05, 0) is 69.7 Å². The van der Waals surface area contributed by atoms with Crippen molar-refractivity contribution in [2.24, 2.45) is 11.3 Å². The number of nitriles is 1. The fourth-order valence-electron chi connectivity index (χ4n) is 6.70. The Balaban J connectivity index is 1.16. The molecule has 2 saturated heterocycles. The molecule has 42 heavy (non-hydrogen) atoms. The van der Waals surface area contributed by atoms with E-state index in [1.165, 1.54) is 0 Å². The van der Waals surface area contributed by atoms with Crippen molar-refractivity contribution in [2.75, 3.05) is 26.3 Å². The van der Waals surface area contributed by atoms with Crippen LogP contribution in [0, 0.1) is 22.7 Å². The Bertz CT molecular complexity index is 1560. The van der Waals surface area contributed by atoms with E-state index in [-0.39, 0.29) is 29.4 Å². The van der Waals surface area contributed by atoms with Gasteiger partial charge < -0.3 is 24.3 Å². The number of hydrogen-bond acceptors (Lipinski definition) is 5. The van der Waals surface area contributed by atoms with Gasteiger partial charge in [0.05, 0.1) is 22.2 Å². The van der Waals surface area contributed by atoms with Gasteiger partial charge in [-0.15, -0.1) is 0 Å². The van der Waals surface area contributed by atoms with E-state index in [1.807, 2.05) is 45.0 Å². The van der Waals surface area contributed by atoms with Gasteiger partial charge in [0.2, 0.25) is 5.91 Å². The minimum atomic E-state index is -0.511. The lowest BCUT2D eigenvalue weighted by atomic mass is 9.57. The number of halogens is 1. The molecule has 220 valence electrons. The van der Waals surface area contributed by atoms with Gasteiger partial charge in [0.15, 0.2) is 0 Å². The molecule has 2 amide bonds. The Hall–Kier alpha value is -3.54. The van der Waals surface area contributed by atoms with Crippen molar-refractivity contribution in [3.63, 3.8) is 0 Å². The summed E-state index contributed by atoms with van der Waals surface area (Å²) in [6.07, 6.45) is 5.22. The molecule has 1 saturated carbocycles. The number of likely N-dealkylation sites (tertiary alicyclic amines) is 1. The molecule has 2 aliphatic heterocycles. The highest BCUT2D eigenvalue weighted by molar-refractivity contribution is 6.36. The van der Waals surface area contributed by atoms with Crippen LogP contribution in [0.2, 0.25) is 5.02 Å². The van der Waals surface area contributed by atoms with Crippen molar-refractivity contribution in [1.82, 2.24) is 14.8 Å². The van der Waals surface area contributed by atoms with E-state index in [1.54, 1.807) is 11.0 Å². The molecule has 0 radical (unpaired) electrons. The largest absolute Gasteiger partial charge is 0.444 e. The van der Waals surface area contributed by atoms with E-state index < -0.39 is 5.60 Å². The normalized spacial score (nSPS) is 18.8. The van der Waals surface area contributed by atoms with Crippen molar-refractivity contribution in [2.45, 2.75) is 64.6 Å². The van der Waals surface area contributed by atoms with Crippen LogP contribution in [0.1, 0.15) is 63.6 Å². The van der Waals surface area contributed by atoms with E-state index in [4.69, 9.17) is 21.1 Å². The van der Waals surface area contributed by atoms with Gasteiger partial charge >= 0.3 is 6.09 Å². The molecule has 0 atom stereocenters. The molecule has 1 aromatic heterocycles. The third-order valence-electron chi connectivity index (χ3n) is 8.79. The first-order chi connectivity index (χ1) is 20.1. The number of nitrogens with zero attached hydrogens (tertiary/aromatic N) is 3. The number of carbonyl (C=O) groups is 2. The molecule has 1 spiro atoms. The van der Waals surface area contributed by atoms with Gasteiger partial charge in [-0.25, -0.2) is 4.79 Å². The fraction of sp³-hybridized carbons (Fsp3) is 0.485. The van der Waals surface area contributed by atoms with Crippen LogP contribution in [0.15, 0.2) is 42.6 Å². The third-order valence-corrected chi connectivity index (χ3v) is 9.21. The van der Waals surface area contributed by atoms with Gasteiger partial charge in [-0.2, -0.15) is 5.26 Å². The van der Waals surface area contributed by atoms with E-state index >= 15 is 0 Å². The van der Waals surface area contributed by atoms with Crippen LogP contribution in [-0.2, 0) is 20.8 Å². The average Bonchev–Trinajstić information content (AvgIpc) is 3.31. The molecule has 3 heterocycles. The van der Waals surface area contributed by atoms with Crippen molar-refractivity contribution >= 4 is 34.5 Å². The molecule has 3 fully saturated rings. The first kappa shape index (κ1) is 28.6. The number of rotatable bonds is 5. The second-order valence-electron chi connectivity index (χ2n) is 13.1. The summed E-state index contributed by atoms with van der Waals surface area (Å²) in [5, 5.41) is 14.2. The summed E-state index contributed by atoms with van der Waals surface area (Å²) in [6.45, 7) is 8.65. The van der Waals surface area contributed by atoms with E-state index in [2.05, 4.69) is 28.2 Å². The zero-order valence-electron chi connectivity index (χ0n) is 24.4. The summed E-state index contributed by atoms with van der Waals surface area (Å²) in [6, 6.07) is 14.2. The number of nitrogens with one attached hydrogen (secondary N) is 1. The maximum Gasteiger partial charge on any atom is 0.410 e. The highest BCUT2D eigenvalue weighted by Crippen LogP contribution is 2.52. The molecular formula is C33H37ClN4O4. The number of hydrogen-bond donors (Lipinski definition) is 1. The van der Waals surface area contributed by atoms with Crippen LogP contribution in [0.4, 0.5) is 4.79 Å². The lowest BCUT2D eigenvalue weighted by Crippen LogP contribution is -2.65. The van der Waals surface area contributed by atoms with E-state index in [0.717, 1.165) is 53.3 Å². The van der Waals surface area contributed by atoms with Gasteiger partial charge in [0.25, 0.3) is 0 Å². The zero-order valence-corrected chi connectivity index (χ0v) is 25.2. The predicted octanol–water partition coefficient (Wildman–Crippen LogP) is 6.45. The number of ether oxygens (including phenoxy) is 2. The van der Waals surface area contributed by atoms with Crippen molar-refractivity contribution in [3.05, 3.63) is 58.7 Å². The Kier molecular flexibility index (Phi) is 7.44. The number of amides is 2. The van der Waals surface area contributed by atoms with Crippen LogP contribution < -0.4 is 5.32 Å². The van der Waals surface area contributed by atoms with Crippen LogP contribution in [-0.4, -0.2) is 53.4 Å². The maximum absolute atomic E-state index is 13.1. The molecule has 1 aliphatic carbocycles. The Morgan fingerprint density at radius 3 is 2.60 bits per heavy atom. The topological polar surface area (TPSA) is 96.6 Å². The summed E-state index contributed by atoms with van der Waals surface area (Å²) in [5.74, 6) is -0.0280. The summed E-state index contributed by atoms with van der Waals surface area (Å²) >= 11 is 7.10. The van der Waals surface area contributed by atoms with E-state index in [0.29, 0.717) is 43.4 Å². The minimum Gasteiger partial charge on any atom is -0.444 e. The Labute approximate surface area is 251 Å². The van der Waals surface area contributed by atoms with Crippen molar-refractivity contribution in [1.29, 1.82) is 5.26 Å². The highest BCUT2D eigenvalue weighted by Gasteiger charge is 2.56. The average molecular weight is 589 g/mol. The van der Waals surface area contributed by atoms with Gasteiger partial charge in [-0.1, -0.05) is 35.9 Å². The smallest absolute Gasteiger partial charge is 0.410 e. The van der Waals surface area contributed by atoms with Crippen LogP contribution in [0.25, 0.3) is 22.0 Å². The van der Waals surface area contributed by atoms with Crippen LogP contribution in [0.5, 0.6) is 0 Å². The van der Waals surface area contributed by atoms with E-state index in [9.17, 15) is 14.9 Å². The molecule has 3 aliphatic rings. The highest BCUT2D eigenvalue weighted by atomic mass is 35.5. The monoisotopic (exact) mass is 588 g/mol. The van der Waals surface area contributed by atoms with Crippen molar-refractivity contribution < 1.29 is 19.1 Å². The molecule has 3 aromatic rings. The lowest BCUT2D eigenvalue weighted by molar-refractivity contribution is -0.143. The SMILES string of the molecule is CC(C)(C)OC(=O)N1CC2(CC(C(=O)NCc3ccc4c(-c5cccc(C#N)c5)cn(C5CCOCC5)c4c3Cl)C2)C1. The molecule has 6 rings (SSSR count). The molecule has 8 nitrogen and oxygen atoms in total. The predicted molar refractivity (Wildman–Crippen MR) is 161 cm³/mol. The number of fused-ring (bicyclic) bond motifs is 1. The first-order valence-corrected chi connectivity index (χ1v) is 15.1. The van der Waals surface area contributed by atoms with Crippen molar-refractivity contribution in [3.8, 4) is 17.2 Å². The van der Waals surface area contributed by atoms with Gasteiger partial charge in [-0.3, -0.25) is 4.79 Å². The number of aromatic nitrogens is 1. The minimum absolute atomic E-state index is 0.0290. The number of carbonyl (C=O) groups excluding carboxylic acids is 2. The second-order valence-corrected chi connectivity index (χ2v) is 13.5. The van der Waals surface area contributed by atoms with Gasteiger partial charge in [0, 0.05) is 67.4 Å². The Morgan fingerprint density at radius 2 is 1.90 bits per heavy atom. The molecule has 1 N–H and O–H groups in total. The summed E-state index contributed by atoms with van der Waals surface area (Å²) in [5.41, 5.74) is 3.97. The Morgan fingerprint density at radius 1 is 1.17 bits per heavy atom. The van der Waals surface area contributed by atoms with Crippen LogP contribution >= 0.6 is 11.6 Å². The maximum atomic E-state index is 13.1.